The summed E-state index contributed by atoms with van der Waals surface area (Å²) in [6.45, 7) is 2.19. The van der Waals surface area contributed by atoms with Gasteiger partial charge in [0, 0.05) is 6.61 Å². The van der Waals surface area contributed by atoms with Gasteiger partial charge in [-0.2, -0.15) is 9.97 Å². The Bertz CT molecular complexity index is 771. The Kier molecular flexibility index (Phi) is 5.96. The van der Waals surface area contributed by atoms with Crippen molar-refractivity contribution in [1.82, 2.24) is 9.97 Å². The summed E-state index contributed by atoms with van der Waals surface area (Å²) in [5.41, 5.74) is -0.156. The third kappa shape index (κ3) is 4.07. The van der Waals surface area contributed by atoms with E-state index in [9.17, 15) is 14.9 Å². The van der Waals surface area contributed by atoms with E-state index in [2.05, 4.69) is 9.97 Å². The van der Waals surface area contributed by atoms with E-state index < -0.39 is 10.7 Å². The fourth-order valence-corrected chi connectivity index (χ4v) is 2.15. The van der Waals surface area contributed by atoms with Gasteiger partial charge in [-0.05, 0) is 19.1 Å². The highest BCUT2D eigenvalue weighted by molar-refractivity contribution is 6.09. The number of methoxy groups -OCH3 is 2. The van der Waals surface area contributed by atoms with Gasteiger partial charge in [0.2, 0.25) is 23.4 Å². The number of rotatable bonds is 8. The van der Waals surface area contributed by atoms with Crippen LogP contribution in [0.4, 0.5) is 5.69 Å². The maximum absolute atomic E-state index is 12.8. The van der Waals surface area contributed by atoms with E-state index >= 15 is 0 Å². The maximum Gasteiger partial charge on any atom is 0.286 e. The fourth-order valence-electron chi connectivity index (χ4n) is 2.15. The van der Waals surface area contributed by atoms with Crippen molar-refractivity contribution in [3.05, 3.63) is 51.3 Å². The largest absolute Gasteiger partial charge is 0.481 e. The van der Waals surface area contributed by atoms with Gasteiger partial charge in [-0.1, -0.05) is 6.07 Å². The highest BCUT2D eigenvalue weighted by atomic mass is 16.6. The highest BCUT2D eigenvalue weighted by Gasteiger charge is 2.27. The molecule has 0 fully saturated rings. The lowest BCUT2D eigenvalue weighted by Gasteiger charge is -2.08. The molecule has 0 saturated heterocycles. The van der Waals surface area contributed by atoms with Crippen LogP contribution in [0.1, 0.15) is 28.7 Å². The van der Waals surface area contributed by atoms with Gasteiger partial charge in [0.15, 0.2) is 0 Å². The molecule has 0 radical (unpaired) electrons. The number of aromatic nitrogens is 2. The van der Waals surface area contributed by atoms with Crippen LogP contribution in [0.5, 0.6) is 11.8 Å². The average Bonchev–Trinajstić information content (AvgIpc) is 2.64. The number of benzene rings is 1. The quantitative estimate of drug-likeness (QED) is 0.405. The zero-order valence-corrected chi connectivity index (χ0v) is 14.0. The minimum absolute atomic E-state index is 0.0240. The van der Waals surface area contributed by atoms with E-state index in [0.717, 1.165) is 0 Å². The molecule has 25 heavy (non-hydrogen) atoms. The summed E-state index contributed by atoms with van der Waals surface area (Å²) in [5, 5.41) is 11.5. The fraction of sp³-hybridized carbons (Fsp3) is 0.312. The summed E-state index contributed by atoms with van der Waals surface area (Å²) in [6.07, 6.45) is 0. The average molecular weight is 347 g/mol. The third-order valence-corrected chi connectivity index (χ3v) is 3.31. The van der Waals surface area contributed by atoms with Crippen molar-refractivity contribution in [2.45, 2.75) is 13.5 Å². The number of hydrogen-bond donors (Lipinski definition) is 0. The van der Waals surface area contributed by atoms with Gasteiger partial charge in [-0.25, -0.2) is 0 Å². The number of para-hydroxylation sites is 1. The standard InChI is InChI=1S/C16H17N3O6/c1-4-25-9-10-6-5-7-11(14(10)19(21)22)15(20)16-17-12(23-2)8-13(18-16)24-3/h5-8H,4,9H2,1-3H3. The van der Waals surface area contributed by atoms with Crippen LogP contribution in [0, 0.1) is 10.1 Å². The number of ether oxygens (including phenoxy) is 3. The first-order valence-corrected chi connectivity index (χ1v) is 7.37. The van der Waals surface area contributed by atoms with E-state index in [4.69, 9.17) is 14.2 Å². The van der Waals surface area contributed by atoms with Gasteiger partial charge < -0.3 is 14.2 Å². The number of hydrogen-bond acceptors (Lipinski definition) is 8. The number of ketones is 1. The summed E-state index contributed by atoms with van der Waals surface area (Å²) in [5.74, 6) is -0.734. The number of nitrogens with zero attached hydrogens (tertiary/aromatic N) is 3. The van der Waals surface area contributed by atoms with Crippen LogP contribution in [-0.4, -0.2) is 41.5 Å². The van der Waals surface area contributed by atoms with Gasteiger partial charge in [-0.3, -0.25) is 14.9 Å². The summed E-state index contributed by atoms with van der Waals surface area (Å²) in [6, 6.07) is 5.84. The first kappa shape index (κ1) is 18.3. The summed E-state index contributed by atoms with van der Waals surface area (Å²) < 4.78 is 15.2. The van der Waals surface area contributed by atoms with Gasteiger partial charge in [0.05, 0.1) is 37.4 Å². The smallest absolute Gasteiger partial charge is 0.286 e. The van der Waals surface area contributed by atoms with Crippen LogP contribution in [0.25, 0.3) is 0 Å². The molecule has 0 N–H and O–H groups in total. The number of nitro groups is 1. The molecular formula is C16H17N3O6. The van der Waals surface area contributed by atoms with Crippen molar-refractivity contribution < 1.29 is 23.9 Å². The zero-order valence-electron chi connectivity index (χ0n) is 14.0. The first-order valence-electron chi connectivity index (χ1n) is 7.37. The molecule has 1 aromatic heterocycles. The summed E-state index contributed by atoms with van der Waals surface area (Å²) in [4.78, 5) is 31.5. The lowest BCUT2D eigenvalue weighted by molar-refractivity contribution is -0.386. The molecule has 0 amide bonds. The van der Waals surface area contributed by atoms with Gasteiger partial charge in [0.1, 0.15) is 5.56 Å². The second-order valence-electron chi connectivity index (χ2n) is 4.81. The molecule has 9 nitrogen and oxygen atoms in total. The highest BCUT2D eigenvalue weighted by Crippen LogP contribution is 2.27. The first-order chi connectivity index (χ1) is 12.0. The molecule has 9 heteroatoms. The SMILES string of the molecule is CCOCc1cccc(C(=O)c2nc(OC)cc(OC)n2)c1[N+](=O)[O-]. The van der Waals surface area contributed by atoms with E-state index in [1.165, 1.54) is 32.4 Å². The van der Waals surface area contributed by atoms with Crippen LogP contribution in [0.3, 0.4) is 0 Å². The van der Waals surface area contributed by atoms with E-state index in [0.29, 0.717) is 12.2 Å². The van der Waals surface area contributed by atoms with Crippen molar-refractivity contribution in [1.29, 1.82) is 0 Å². The monoisotopic (exact) mass is 347 g/mol. The molecule has 0 spiro atoms. The summed E-state index contributed by atoms with van der Waals surface area (Å²) >= 11 is 0. The molecule has 0 unspecified atom stereocenters. The molecule has 1 aromatic carbocycles. The van der Waals surface area contributed by atoms with Crippen LogP contribution >= 0.6 is 0 Å². The van der Waals surface area contributed by atoms with Crippen molar-refractivity contribution in [2.75, 3.05) is 20.8 Å². The topological polar surface area (TPSA) is 114 Å². The predicted octanol–water partition coefficient (Wildman–Crippen LogP) is 2.17. The third-order valence-electron chi connectivity index (χ3n) is 3.31. The lowest BCUT2D eigenvalue weighted by atomic mass is 10.0. The van der Waals surface area contributed by atoms with Gasteiger partial charge in [0.25, 0.3) is 5.69 Å². The molecule has 0 atom stereocenters. The van der Waals surface area contributed by atoms with Crippen LogP contribution in [0.15, 0.2) is 24.3 Å². The molecular weight excluding hydrogens is 330 g/mol. The predicted molar refractivity (Wildman–Crippen MR) is 87.0 cm³/mol. The van der Waals surface area contributed by atoms with Crippen molar-refractivity contribution in [3.8, 4) is 11.8 Å². The second kappa shape index (κ2) is 8.15. The molecule has 0 aliphatic carbocycles. The molecule has 0 aliphatic heterocycles. The lowest BCUT2D eigenvalue weighted by Crippen LogP contribution is -2.12. The number of carbonyl (C=O) groups excluding carboxylic acids is 1. The Morgan fingerprint density at radius 2 is 1.84 bits per heavy atom. The van der Waals surface area contributed by atoms with E-state index in [-0.39, 0.29) is 35.4 Å². The molecule has 1 heterocycles. The number of carbonyl (C=O) groups is 1. The van der Waals surface area contributed by atoms with Crippen LogP contribution in [0.2, 0.25) is 0 Å². The Labute approximate surface area is 143 Å². The Balaban J connectivity index is 2.54. The van der Waals surface area contributed by atoms with Crippen LogP contribution < -0.4 is 9.47 Å². The zero-order chi connectivity index (χ0) is 18.4. The molecule has 2 rings (SSSR count). The van der Waals surface area contributed by atoms with Crippen LogP contribution in [-0.2, 0) is 11.3 Å². The van der Waals surface area contributed by atoms with Crippen molar-refractivity contribution in [3.63, 3.8) is 0 Å². The van der Waals surface area contributed by atoms with Gasteiger partial charge >= 0.3 is 0 Å². The molecule has 0 bridgehead atoms. The van der Waals surface area contributed by atoms with Crippen molar-refractivity contribution >= 4 is 11.5 Å². The number of nitro benzene ring substituents is 1. The van der Waals surface area contributed by atoms with E-state index in [1.807, 2.05) is 0 Å². The van der Waals surface area contributed by atoms with Crippen molar-refractivity contribution in [2.24, 2.45) is 0 Å². The second-order valence-corrected chi connectivity index (χ2v) is 4.81. The van der Waals surface area contributed by atoms with Gasteiger partial charge in [-0.15, -0.1) is 0 Å². The normalized spacial score (nSPS) is 10.4. The Hall–Kier alpha value is -3.07. The Morgan fingerprint density at radius 3 is 2.36 bits per heavy atom. The minimum atomic E-state index is -0.706. The molecule has 0 aliphatic rings. The minimum Gasteiger partial charge on any atom is -0.481 e. The molecule has 0 saturated carbocycles. The van der Waals surface area contributed by atoms with E-state index in [1.54, 1.807) is 13.0 Å². The molecule has 132 valence electrons. The maximum atomic E-state index is 12.8. The summed E-state index contributed by atoms with van der Waals surface area (Å²) in [7, 11) is 2.75. The molecule has 2 aromatic rings. The Morgan fingerprint density at radius 1 is 1.20 bits per heavy atom.